The smallest absolute Gasteiger partial charge is 0.408 e. The van der Waals surface area contributed by atoms with E-state index in [9.17, 15) is 18.0 Å². The number of nitrogens with two attached hydrogens (primary N) is 1. The van der Waals surface area contributed by atoms with Gasteiger partial charge in [-0.2, -0.15) is 13.2 Å². The molecule has 0 aromatic carbocycles. The van der Waals surface area contributed by atoms with Crippen LogP contribution in [0.25, 0.3) is 0 Å². The second-order valence-corrected chi connectivity index (χ2v) is 5.40. The number of rotatable bonds is 5. The fourth-order valence-corrected chi connectivity index (χ4v) is 2.75. The van der Waals surface area contributed by atoms with E-state index in [0.717, 1.165) is 6.20 Å². The molecule has 2 heterocycles. The number of nitrogen functional groups attached to an aromatic ring is 1. The minimum absolute atomic E-state index is 0.0309. The molecule has 0 saturated carbocycles. The predicted molar refractivity (Wildman–Crippen MR) is 76.6 cm³/mol. The Balaban J connectivity index is 2.12. The fraction of sp³-hybridized carbons (Fsp3) is 0.538. The van der Waals surface area contributed by atoms with E-state index in [4.69, 9.17) is 10.9 Å². The van der Waals surface area contributed by atoms with Crippen molar-refractivity contribution in [2.24, 2.45) is 11.8 Å². The summed E-state index contributed by atoms with van der Waals surface area (Å²) in [5.41, 5.74) is 2.30. The van der Waals surface area contributed by atoms with Crippen molar-refractivity contribution >= 4 is 11.9 Å². The largest absolute Gasteiger partial charge is 0.465 e. The van der Waals surface area contributed by atoms with Crippen molar-refractivity contribution in [3.05, 3.63) is 23.9 Å². The third kappa shape index (κ3) is 4.45. The Kier molecular flexibility index (Phi) is 5.26. The van der Waals surface area contributed by atoms with E-state index < -0.39 is 18.3 Å². The van der Waals surface area contributed by atoms with E-state index in [-0.39, 0.29) is 36.9 Å². The lowest BCUT2D eigenvalue weighted by Crippen LogP contribution is -2.38. The first-order valence-corrected chi connectivity index (χ1v) is 7.01. The number of aromatic nitrogens is 1. The highest BCUT2D eigenvalue weighted by Gasteiger charge is 2.46. The van der Waals surface area contributed by atoms with E-state index >= 15 is 0 Å². The molecule has 128 valence electrons. The highest BCUT2D eigenvalue weighted by molar-refractivity contribution is 5.64. The van der Waals surface area contributed by atoms with Crippen molar-refractivity contribution in [3.63, 3.8) is 0 Å². The average molecular weight is 333 g/mol. The summed E-state index contributed by atoms with van der Waals surface area (Å²) in [5, 5.41) is 10.8. The summed E-state index contributed by atoms with van der Waals surface area (Å²) in [6, 6.07) is 0.952. The number of carbonyl (C=O) groups is 1. The molecular formula is C13H18F3N5O2. The van der Waals surface area contributed by atoms with Gasteiger partial charge in [0.25, 0.3) is 0 Å². The number of pyridine rings is 1. The maximum atomic E-state index is 13.5. The third-order valence-electron chi connectivity index (χ3n) is 3.78. The average Bonchev–Trinajstić information content (AvgIpc) is 2.93. The molecule has 1 aliphatic heterocycles. The fourth-order valence-electron chi connectivity index (χ4n) is 2.75. The molecular weight excluding hydrogens is 315 g/mol. The van der Waals surface area contributed by atoms with Crippen molar-refractivity contribution in [1.29, 1.82) is 0 Å². The zero-order valence-corrected chi connectivity index (χ0v) is 12.2. The van der Waals surface area contributed by atoms with Crippen LogP contribution in [-0.2, 0) is 0 Å². The van der Waals surface area contributed by atoms with Crippen molar-refractivity contribution in [2.45, 2.75) is 18.6 Å². The molecule has 5 N–H and O–H groups in total. The minimum atomic E-state index is -4.45. The van der Waals surface area contributed by atoms with Crippen LogP contribution in [0.4, 0.5) is 23.8 Å². The highest BCUT2D eigenvalue weighted by Crippen LogP contribution is 2.40. The summed E-state index contributed by atoms with van der Waals surface area (Å²) in [7, 11) is 0. The van der Waals surface area contributed by atoms with Gasteiger partial charge in [0.05, 0.1) is 0 Å². The van der Waals surface area contributed by atoms with Gasteiger partial charge in [0, 0.05) is 19.3 Å². The number of nitrogens with one attached hydrogen (secondary N) is 2. The number of hydrogen-bond donors (Lipinski definition) is 4. The van der Waals surface area contributed by atoms with Crippen LogP contribution in [0.15, 0.2) is 18.3 Å². The summed E-state index contributed by atoms with van der Waals surface area (Å²) < 4.78 is 40.4. The molecule has 2 atom stereocenters. The number of hydrazine groups is 1. The van der Waals surface area contributed by atoms with Crippen LogP contribution >= 0.6 is 0 Å². The number of likely N-dealkylation sites (tertiary alicyclic amines) is 1. The van der Waals surface area contributed by atoms with E-state index in [1.165, 1.54) is 17.0 Å². The Morgan fingerprint density at radius 1 is 1.52 bits per heavy atom. The Morgan fingerprint density at radius 2 is 2.26 bits per heavy atom. The molecule has 0 bridgehead atoms. The Morgan fingerprint density at radius 3 is 2.78 bits per heavy atom. The van der Waals surface area contributed by atoms with Crippen LogP contribution in [-0.4, -0.2) is 46.9 Å². The Hall–Kier alpha value is -2.07. The maximum absolute atomic E-state index is 13.5. The lowest BCUT2D eigenvalue weighted by atomic mass is 10.1. The first-order valence-electron chi connectivity index (χ1n) is 7.01. The minimum Gasteiger partial charge on any atom is -0.465 e. The van der Waals surface area contributed by atoms with Crippen LogP contribution in [0, 0.1) is 5.92 Å². The predicted octanol–water partition coefficient (Wildman–Crippen LogP) is 1.56. The number of alkyl halides is 3. The summed E-state index contributed by atoms with van der Waals surface area (Å²) >= 11 is 0. The molecule has 0 unspecified atom stereocenters. The zero-order chi connectivity index (χ0) is 17.0. The SMILES string of the molecule is NNc1ccc([C@@H](N2CC[C@H](CNC(=O)O)C2)C(F)(F)F)cn1. The van der Waals surface area contributed by atoms with E-state index in [1.807, 2.05) is 0 Å². The maximum Gasteiger partial charge on any atom is 0.408 e. The lowest BCUT2D eigenvalue weighted by molar-refractivity contribution is -0.184. The molecule has 1 aromatic heterocycles. The van der Waals surface area contributed by atoms with Gasteiger partial charge in [-0.15, -0.1) is 0 Å². The summed E-state index contributed by atoms with van der Waals surface area (Å²) in [5.74, 6) is 5.29. The molecule has 1 aliphatic rings. The summed E-state index contributed by atoms with van der Waals surface area (Å²) in [4.78, 5) is 15.6. The molecule has 7 nitrogen and oxygen atoms in total. The van der Waals surface area contributed by atoms with Gasteiger partial charge >= 0.3 is 12.3 Å². The molecule has 23 heavy (non-hydrogen) atoms. The highest BCUT2D eigenvalue weighted by atomic mass is 19.4. The number of amides is 1. The number of anilines is 1. The molecule has 0 spiro atoms. The topological polar surface area (TPSA) is 104 Å². The number of hydrogen-bond acceptors (Lipinski definition) is 5. The molecule has 2 rings (SSSR count). The van der Waals surface area contributed by atoms with E-state index in [1.54, 1.807) is 0 Å². The Labute approximate surface area is 130 Å². The molecule has 1 saturated heterocycles. The molecule has 10 heteroatoms. The van der Waals surface area contributed by atoms with Gasteiger partial charge in [0.15, 0.2) is 0 Å². The van der Waals surface area contributed by atoms with Crippen molar-refractivity contribution < 1.29 is 23.1 Å². The van der Waals surface area contributed by atoms with Gasteiger partial charge in [0.1, 0.15) is 11.9 Å². The van der Waals surface area contributed by atoms with Crippen LogP contribution < -0.4 is 16.6 Å². The van der Waals surface area contributed by atoms with Gasteiger partial charge in [0.2, 0.25) is 0 Å². The molecule has 1 fully saturated rings. The first kappa shape index (κ1) is 17.3. The van der Waals surface area contributed by atoms with Crippen LogP contribution in [0.1, 0.15) is 18.0 Å². The third-order valence-corrected chi connectivity index (χ3v) is 3.78. The van der Waals surface area contributed by atoms with Crippen molar-refractivity contribution in [2.75, 3.05) is 25.1 Å². The normalized spacial score (nSPS) is 20.3. The molecule has 0 radical (unpaired) electrons. The summed E-state index contributed by atoms with van der Waals surface area (Å²) in [6.45, 7) is 0.555. The van der Waals surface area contributed by atoms with Crippen LogP contribution in [0.2, 0.25) is 0 Å². The van der Waals surface area contributed by atoms with E-state index in [2.05, 4.69) is 15.7 Å². The monoisotopic (exact) mass is 333 g/mol. The molecule has 1 aromatic rings. The van der Waals surface area contributed by atoms with E-state index in [0.29, 0.717) is 6.42 Å². The Bertz CT molecular complexity index is 537. The standard InChI is InChI=1S/C13H18F3N5O2/c14-13(15,16)11(9-1-2-10(20-17)18-6-9)21-4-3-8(7-21)5-19-12(22)23/h1-2,6,8,11,19H,3-5,7,17H2,(H,18,20)(H,22,23)/t8-,11-/m1/s1. The lowest BCUT2D eigenvalue weighted by Gasteiger charge is -2.30. The second kappa shape index (κ2) is 7.01. The number of nitrogens with zero attached hydrogens (tertiary/aromatic N) is 2. The van der Waals surface area contributed by atoms with Crippen LogP contribution in [0.5, 0.6) is 0 Å². The molecule has 0 aliphatic carbocycles. The number of halogens is 3. The van der Waals surface area contributed by atoms with Gasteiger partial charge in [-0.3, -0.25) is 4.90 Å². The second-order valence-electron chi connectivity index (χ2n) is 5.40. The van der Waals surface area contributed by atoms with Gasteiger partial charge < -0.3 is 15.8 Å². The summed E-state index contributed by atoms with van der Waals surface area (Å²) in [6.07, 6.45) is -3.97. The zero-order valence-electron chi connectivity index (χ0n) is 12.2. The first-order chi connectivity index (χ1) is 10.8. The van der Waals surface area contributed by atoms with Gasteiger partial charge in [-0.1, -0.05) is 6.07 Å². The van der Waals surface area contributed by atoms with Crippen molar-refractivity contribution in [1.82, 2.24) is 15.2 Å². The van der Waals surface area contributed by atoms with Gasteiger partial charge in [-0.25, -0.2) is 15.6 Å². The van der Waals surface area contributed by atoms with Gasteiger partial charge in [-0.05, 0) is 30.5 Å². The van der Waals surface area contributed by atoms with Crippen molar-refractivity contribution in [3.8, 4) is 0 Å². The van der Waals surface area contributed by atoms with Crippen LogP contribution in [0.3, 0.4) is 0 Å². The number of carboxylic acid groups (broad SMARTS) is 1. The molecule has 1 amide bonds. The quantitative estimate of drug-likeness (QED) is 0.482.